The van der Waals surface area contributed by atoms with Gasteiger partial charge in [-0.3, -0.25) is 14.2 Å². The van der Waals surface area contributed by atoms with Crippen LogP contribution in [0.1, 0.15) is 28.4 Å². The minimum Gasteiger partial charge on any atom is -0.464 e. The van der Waals surface area contributed by atoms with Gasteiger partial charge in [-0.05, 0) is 38.5 Å². The van der Waals surface area contributed by atoms with Crippen LogP contribution in [0.15, 0.2) is 27.7 Å². The van der Waals surface area contributed by atoms with E-state index >= 15 is 0 Å². The SMILES string of the molecule is Cc1ccc(CN(C)C(=O)CCn2cnc3sc(C)c(C)c3c2=O)o1. The number of thiophene rings is 1. The normalized spacial score (nSPS) is 11.2. The lowest BCUT2D eigenvalue weighted by Gasteiger charge is -2.16. The van der Waals surface area contributed by atoms with Crippen molar-refractivity contribution in [3.05, 3.63) is 50.8 Å². The molecule has 0 radical (unpaired) electrons. The van der Waals surface area contributed by atoms with Crippen LogP contribution in [0, 0.1) is 20.8 Å². The van der Waals surface area contributed by atoms with Gasteiger partial charge in [-0.25, -0.2) is 4.98 Å². The molecule has 3 aromatic rings. The van der Waals surface area contributed by atoms with Gasteiger partial charge < -0.3 is 9.32 Å². The number of amides is 1. The highest BCUT2D eigenvalue weighted by molar-refractivity contribution is 7.18. The van der Waals surface area contributed by atoms with Crippen molar-refractivity contribution in [1.29, 1.82) is 0 Å². The second kappa shape index (κ2) is 6.84. The molecule has 0 saturated heterocycles. The Labute approximate surface area is 149 Å². The number of carbonyl (C=O) groups is 1. The summed E-state index contributed by atoms with van der Waals surface area (Å²) >= 11 is 1.52. The molecule has 1 amide bonds. The molecule has 0 atom stereocenters. The van der Waals surface area contributed by atoms with Crippen molar-refractivity contribution < 1.29 is 9.21 Å². The number of fused-ring (bicyclic) bond motifs is 1. The van der Waals surface area contributed by atoms with Crippen LogP contribution in [0.3, 0.4) is 0 Å². The molecule has 0 aliphatic heterocycles. The summed E-state index contributed by atoms with van der Waals surface area (Å²) in [5.74, 6) is 1.53. The third-order valence-corrected chi connectivity index (χ3v) is 5.45. The average molecular weight is 359 g/mol. The molecule has 3 aromatic heterocycles. The summed E-state index contributed by atoms with van der Waals surface area (Å²) in [5.41, 5.74) is 0.896. The smallest absolute Gasteiger partial charge is 0.262 e. The van der Waals surface area contributed by atoms with Crippen molar-refractivity contribution in [2.45, 2.75) is 40.3 Å². The molecule has 0 aromatic carbocycles. The summed E-state index contributed by atoms with van der Waals surface area (Å²) in [6.07, 6.45) is 1.77. The molecule has 0 fully saturated rings. The fourth-order valence-corrected chi connectivity index (χ4v) is 3.72. The highest BCUT2D eigenvalue weighted by Crippen LogP contribution is 2.25. The van der Waals surface area contributed by atoms with Crippen LogP contribution in [0.4, 0.5) is 0 Å². The van der Waals surface area contributed by atoms with Crippen LogP contribution < -0.4 is 5.56 Å². The Morgan fingerprint density at radius 3 is 2.76 bits per heavy atom. The minimum absolute atomic E-state index is 0.0423. The Morgan fingerprint density at radius 2 is 2.08 bits per heavy atom. The van der Waals surface area contributed by atoms with Crippen molar-refractivity contribution in [2.24, 2.45) is 0 Å². The lowest BCUT2D eigenvalue weighted by Crippen LogP contribution is -2.29. The quantitative estimate of drug-likeness (QED) is 0.702. The monoisotopic (exact) mass is 359 g/mol. The summed E-state index contributed by atoms with van der Waals surface area (Å²) in [5, 5.41) is 0.664. The summed E-state index contributed by atoms with van der Waals surface area (Å²) in [6.45, 7) is 6.53. The van der Waals surface area contributed by atoms with Crippen LogP contribution in [-0.4, -0.2) is 27.4 Å². The standard InChI is InChI=1S/C18H21N3O3S/c1-11-5-6-14(24-11)9-20(4)15(22)7-8-21-10-19-17-16(18(21)23)12(2)13(3)25-17/h5-6,10H,7-9H2,1-4H3. The maximum Gasteiger partial charge on any atom is 0.262 e. The van der Waals surface area contributed by atoms with E-state index < -0.39 is 0 Å². The lowest BCUT2D eigenvalue weighted by molar-refractivity contribution is -0.130. The Morgan fingerprint density at radius 1 is 1.32 bits per heavy atom. The van der Waals surface area contributed by atoms with E-state index in [1.807, 2.05) is 32.9 Å². The van der Waals surface area contributed by atoms with Gasteiger partial charge >= 0.3 is 0 Å². The Kier molecular flexibility index (Phi) is 4.76. The third-order valence-electron chi connectivity index (χ3n) is 4.34. The molecule has 0 bridgehead atoms. The maximum absolute atomic E-state index is 12.6. The number of hydrogen-bond acceptors (Lipinski definition) is 5. The van der Waals surface area contributed by atoms with E-state index in [1.165, 1.54) is 22.2 Å². The summed E-state index contributed by atoms with van der Waals surface area (Å²) < 4.78 is 7.01. The molecule has 3 rings (SSSR count). The molecule has 0 spiro atoms. The van der Waals surface area contributed by atoms with Gasteiger partial charge in [0.15, 0.2) is 0 Å². The van der Waals surface area contributed by atoms with E-state index in [2.05, 4.69) is 4.98 Å². The van der Waals surface area contributed by atoms with Crippen molar-refractivity contribution in [3.63, 3.8) is 0 Å². The molecule has 6 nitrogen and oxygen atoms in total. The fraction of sp³-hybridized carbons (Fsp3) is 0.389. The van der Waals surface area contributed by atoms with E-state index in [4.69, 9.17) is 4.42 Å². The van der Waals surface area contributed by atoms with Gasteiger partial charge in [-0.2, -0.15) is 0 Å². The average Bonchev–Trinajstić information content (AvgIpc) is 3.10. The van der Waals surface area contributed by atoms with E-state index in [1.54, 1.807) is 11.9 Å². The van der Waals surface area contributed by atoms with Crippen molar-refractivity contribution >= 4 is 27.5 Å². The van der Waals surface area contributed by atoms with Gasteiger partial charge in [0.2, 0.25) is 5.91 Å². The Bertz CT molecular complexity index is 983. The van der Waals surface area contributed by atoms with E-state index in [-0.39, 0.29) is 17.9 Å². The molecule has 3 heterocycles. The van der Waals surface area contributed by atoms with Gasteiger partial charge in [-0.1, -0.05) is 0 Å². The van der Waals surface area contributed by atoms with Crippen LogP contribution >= 0.6 is 11.3 Å². The largest absolute Gasteiger partial charge is 0.464 e. The minimum atomic E-state index is -0.0797. The molecular formula is C18H21N3O3S. The van der Waals surface area contributed by atoms with Gasteiger partial charge in [0.05, 0.1) is 18.3 Å². The van der Waals surface area contributed by atoms with Crippen molar-refractivity contribution in [3.8, 4) is 0 Å². The van der Waals surface area contributed by atoms with E-state index in [0.29, 0.717) is 18.5 Å². The number of furan rings is 1. The first-order chi connectivity index (χ1) is 11.9. The van der Waals surface area contributed by atoms with Crippen LogP contribution in [0.25, 0.3) is 10.2 Å². The Hall–Kier alpha value is -2.41. The van der Waals surface area contributed by atoms with Gasteiger partial charge in [-0.15, -0.1) is 11.3 Å². The number of nitrogens with zero attached hydrogens (tertiary/aromatic N) is 3. The van der Waals surface area contributed by atoms with E-state index in [9.17, 15) is 9.59 Å². The zero-order valence-corrected chi connectivity index (χ0v) is 15.6. The topological polar surface area (TPSA) is 68.3 Å². The van der Waals surface area contributed by atoms with Crippen molar-refractivity contribution in [2.75, 3.05) is 7.05 Å². The molecule has 7 heteroatoms. The highest BCUT2D eigenvalue weighted by atomic mass is 32.1. The lowest BCUT2D eigenvalue weighted by atomic mass is 10.2. The first-order valence-corrected chi connectivity index (χ1v) is 8.93. The van der Waals surface area contributed by atoms with E-state index in [0.717, 1.165) is 26.8 Å². The first kappa shape index (κ1) is 17.4. The number of carbonyl (C=O) groups excluding carboxylic acids is 1. The third kappa shape index (κ3) is 3.51. The molecule has 132 valence electrons. The Balaban J connectivity index is 1.69. The highest BCUT2D eigenvalue weighted by Gasteiger charge is 2.15. The molecule has 0 aliphatic rings. The summed E-state index contributed by atoms with van der Waals surface area (Å²) in [6, 6.07) is 3.74. The number of aromatic nitrogens is 2. The molecular weight excluding hydrogens is 338 g/mol. The molecule has 25 heavy (non-hydrogen) atoms. The second-order valence-corrected chi connectivity index (χ2v) is 7.42. The number of hydrogen-bond donors (Lipinski definition) is 0. The second-order valence-electron chi connectivity index (χ2n) is 6.22. The zero-order valence-electron chi connectivity index (χ0n) is 14.8. The molecule has 0 unspecified atom stereocenters. The molecule has 0 aliphatic carbocycles. The summed E-state index contributed by atoms with van der Waals surface area (Å²) in [4.78, 5) is 32.8. The summed E-state index contributed by atoms with van der Waals surface area (Å²) in [7, 11) is 1.73. The number of rotatable bonds is 5. The molecule has 0 N–H and O–H groups in total. The zero-order chi connectivity index (χ0) is 18.1. The first-order valence-electron chi connectivity index (χ1n) is 8.11. The predicted molar refractivity (Wildman–Crippen MR) is 97.9 cm³/mol. The van der Waals surface area contributed by atoms with Gasteiger partial charge in [0.25, 0.3) is 5.56 Å². The molecule has 0 saturated carbocycles. The fourth-order valence-electron chi connectivity index (χ4n) is 2.73. The van der Waals surface area contributed by atoms with Crippen LogP contribution in [-0.2, 0) is 17.9 Å². The number of aryl methyl sites for hydroxylation is 4. The van der Waals surface area contributed by atoms with Gasteiger partial charge in [0, 0.05) is 24.9 Å². The van der Waals surface area contributed by atoms with Crippen LogP contribution in [0.5, 0.6) is 0 Å². The van der Waals surface area contributed by atoms with Crippen molar-refractivity contribution in [1.82, 2.24) is 14.5 Å². The predicted octanol–water partition coefficient (Wildman–Crippen LogP) is 3.02. The van der Waals surface area contributed by atoms with Gasteiger partial charge in [0.1, 0.15) is 16.4 Å². The maximum atomic E-state index is 12.6. The van der Waals surface area contributed by atoms with Crippen LogP contribution in [0.2, 0.25) is 0 Å².